The Bertz CT molecular complexity index is 246. The molecule has 0 spiro atoms. The zero-order valence-corrected chi connectivity index (χ0v) is 8.77. The van der Waals surface area contributed by atoms with Gasteiger partial charge in [-0.3, -0.25) is 4.79 Å². The van der Waals surface area contributed by atoms with Gasteiger partial charge in [-0.05, 0) is 12.0 Å². The molecule has 3 heteroatoms. The molecule has 1 aromatic rings. The minimum atomic E-state index is 0. The van der Waals surface area contributed by atoms with Gasteiger partial charge in [0.1, 0.15) is 5.78 Å². The third-order valence-electron chi connectivity index (χ3n) is 1.68. The Kier molecular flexibility index (Phi) is 6.65. The third kappa shape index (κ3) is 4.91. The summed E-state index contributed by atoms with van der Waals surface area (Å²) >= 11 is 5.37. The summed E-state index contributed by atoms with van der Waals surface area (Å²) in [6, 6.07) is 9.94. The van der Waals surface area contributed by atoms with Crippen molar-refractivity contribution in [2.75, 3.05) is 5.88 Å². The third-order valence-corrected chi connectivity index (χ3v) is 1.98. The lowest BCUT2D eigenvalue weighted by molar-refractivity contribution is -0.116. The molecule has 0 radical (unpaired) electrons. The molecular formula is C10H12Cl2O. The Balaban J connectivity index is 0.00000144. The predicted octanol–water partition coefficient (Wildman–Crippen LogP) is 2.85. The van der Waals surface area contributed by atoms with E-state index in [9.17, 15) is 4.79 Å². The molecule has 0 heterocycles. The van der Waals surface area contributed by atoms with E-state index >= 15 is 0 Å². The standard InChI is InChI=1S/C10H11ClO.ClH/c11-8-10(12)7-6-9-4-2-1-3-5-9;/h1-5H,6-8H2;1H. The lowest BCUT2D eigenvalue weighted by Crippen LogP contribution is -2.00. The summed E-state index contributed by atoms with van der Waals surface area (Å²) in [6.45, 7) is 0. The van der Waals surface area contributed by atoms with Crippen molar-refractivity contribution in [1.82, 2.24) is 0 Å². The van der Waals surface area contributed by atoms with Gasteiger partial charge in [0.15, 0.2) is 0 Å². The van der Waals surface area contributed by atoms with Crippen LogP contribution in [0, 0.1) is 0 Å². The number of carbonyl (C=O) groups is 1. The molecule has 0 unspecified atom stereocenters. The fourth-order valence-corrected chi connectivity index (χ4v) is 1.13. The zero-order chi connectivity index (χ0) is 8.81. The van der Waals surface area contributed by atoms with Crippen LogP contribution in [0.2, 0.25) is 0 Å². The van der Waals surface area contributed by atoms with E-state index in [1.807, 2.05) is 30.3 Å². The normalized spacial score (nSPS) is 9.00. The summed E-state index contributed by atoms with van der Waals surface area (Å²) in [6.07, 6.45) is 1.35. The van der Waals surface area contributed by atoms with Crippen LogP contribution in [-0.2, 0) is 11.2 Å². The maximum Gasteiger partial charge on any atom is 0.147 e. The Morgan fingerprint density at radius 2 is 1.85 bits per heavy atom. The predicted molar refractivity (Wildman–Crippen MR) is 57.7 cm³/mol. The lowest BCUT2D eigenvalue weighted by atomic mass is 10.1. The summed E-state index contributed by atoms with van der Waals surface area (Å²) < 4.78 is 0. The van der Waals surface area contributed by atoms with Crippen molar-refractivity contribution < 1.29 is 4.79 Å². The van der Waals surface area contributed by atoms with E-state index in [0.29, 0.717) is 6.42 Å². The number of rotatable bonds is 4. The maximum absolute atomic E-state index is 10.9. The summed E-state index contributed by atoms with van der Waals surface area (Å²) in [7, 11) is 0. The molecule has 0 aliphatic carbocycles. The number of aryl methyl sites for hydroxylation is 1. The first-order valence-electron chi connectivity index (χ1n) is 3.94. The molecule has 0 saturated carbocycles. The molecule has 0 atom stereocenters. The van der Waals surface area contributed by atoms with Gasteiger partial charge in [-0.25, -0.2) is 0 Å². The molecule has 72 valence electrons. The van der Waals surface area contributed by atoms with Gasteiger partial charge in [0.05, 0.1) is 5.88 Å². The number of carbonyl (C=O) groups excluding carboxylic acids is 1. The molecule has 0 aliphatic heterocycles. The summed E-state index contributed by atoms with van der Waals surface area (Å²) in [4.78, 5) is 10.9. The summed E-state index contributed by atoms with van der Waals surface area (Å²) in [5, 5.41) is 0. The Hall–Kier alpha value is -0.530. The van der Waals surface area contributed by atoms with Gasteiger partial charge in [0, 0.05) is 6.42 Å². The van der Waals surface area contributed by atoms with Crippen LogP contribution in [-0.4, -0.2) is 11.7 Å². The van der Waals surface area contributed by atoms with Crippen molar-refractivity contribution in [3.63, 3.8) is 0 Å². The highest BCUT2D eigenvalue weighted by molar-refractivity contribution is 6.27. The summed E-state index contributed by atoms with van der Waals surface area (Å²) in [5.41, 5.74) is 1.19. The fraction of sp³-hybridized carbons (Fsp3) is 0.300. The molecule has 1 rings (SSSR count). The molecule has 13 heavy (non-hydrogen) atoms. The average molecular weight is 219 g/mol. The van der Waals surface area contributed by atoms with Crippen LogP contribution in [0.5, 0.6) is 0 Å². The van der Waals surface area contributed by atoms with Crippen LogP contribution >= 0.6 is 24.0 Å². The Morgan fingerprint density at radius 3 is 2.38 bits per heavy atom. The molecule has 0 aromatic heterocycles. The quantitative estimate of drug-likeness (QED) is 0.711. The lowest BCUT2D eigenvalue weighted by Gasteiger charge is -1.97. The molecule has 0 amide bonds. The molecule has 0 aliphatic rings. The van der Waals surface area contributed by atoms with Crippen molar-refractivity contribution in [3.8, 4) is 0 Å². The minimum absolute atomic E-state index is 0. The van der Waals surface area contributed by atoms with E-state index in [2.05, 4.69) is 0 Å². The molecule has 0 fully saturated rings. The average Bonchev–Trinajstić information content (AvgIpc) is 2.16. The second-order valence-electron chi connectivity index (χ2n) is 2.66. The first-order chi connectivity index (χ1) is 5.83. The second-order valence-corrected chi connectivity index (χ2v) is 2.93. The van der Waals surface area contributed by atoms with Gasteiger partial charge in [0.2, 0.25) is 0 Å². The Labute approximate surface area is 89.5 Å². The van der Waals surface area contributed by atoms with Gasteiger partial charge in [-0.2, -0.15) is 0 Å². The van der Waals surface area contributed by atoms with Crippen LogP contribution in [0.4, 0.5) is 0 Å². The van der Waals surface area contributed by atoms with Gasteiger partial charge in [0.25, 0.3) is 0 Å². The van der Waals surface area contributed by atoms with Crippen LogP contribution in [0.3, 0.4) is 0 Å². The first-order valence-corrected chi connectivity index (χ1v) is 4.48. The van der Waals surface area contributed by atoms with Crippen molar-refractivity contribution >= 4 is 29.8 Å². The van der Waals surface area contributed by atoms with Crippen molar-refractivity contribution in [2.24, 2.45) is 0 Å². The van der Waals surface area contributed by atoms with Crippen LogP contribution in [0.25, 0.3) is 0 Å². The van der Waals surface area contributed by atoms with Gasteiger partial charge < -0.3 is 0 Å². The molecule has 0 saturated heterocycles. The van der Waals surface area contributed by atoms with E-state index in [-0.39, 0.29) is 24.1 Å². The van der Waals surface area contributed by atoms with E-state index < -0.39 is 0 Å². The number of alkyl halides is 1. The number of benzene rings is 1. The monoisotopic (exact) mass is 218 g/mol. The van der Waals surface area contributed by atoms with Gasteiger partial charge >= 0.3 is 0 Å². The number of hydrogen-bond donors (Lipinski definition) is 0. The van der Waals surface area contributed by atoms with E-state index in [1.54, 1.807) is 0 Å². The van der Waals surface area contributed by atoms with Crippen LogP contribution in [0.1, 0.15) is 12.0 Å². The van der Waals surface area contributed by atoms with E-state index in [4.69, 9.17) is 11.6 Å². The molecule has 1 aromatic carbocycles. The largest absolute Gasteiger partial charge is 0.298 e. The van der Waals surface area contributed by atoms with Crippen molar-refractivity contribution in [3.05, 3.63) is 35.9 Å². The van der Waals surface area contributed by atoms with Crippen LogP contribution in [0.15, 0.2) is 30.3 Å². The topological polar surface area (TPSA) is 17.1 Å². The highest BCUT2D eigenvalue weighted by Gasteiger charge is 1.99. The SMILES string of the molecule is Cl.O=C(CCl)CCc1ccccc1. The number of ketones is 1. The highest BCUT2D eigenvalue weighted by Crippen LogP contribution is 2.02. The Morgan fingerprint density at radius 1 is 1.23 bits per heavy atom. The second kappa shape index (κ2) is 6.93. The van der Waals surface area contributed by atoms with Crippen molar-refractivity contribution in [2.45, 2.75) is 12.8 Å². The van der Waals surface area contributed by atoms with Crippen LogP contribution < -0.4 is 0 Å². The zero-order valence-electron chi connectivity index (χ0n) is 7.20. The molecular weight excluding hydrogens is 207 g/mol. The van der Waals surface area contributed by atoms with E-state index in [1.165, 1.54) is 5.56 Å². The highest BCUT2D eigenvalue weighted by atomic mass is 35.5. The van der Waals surface area contributed by atoms with E-state index in [0.717, 1.165) is 6.42 Å². The number of hydrogen-bond acceptors (Lipinski definition) is 1. The summed E-state index contributed by atoms with van der Waals surface area (Å²) in [5.74, 6) is 0.243. The maximum atomic E-state index is 10.9. The number of Topliss-reactive ketones (excluding diaryl/α,β-unsaturated/α-hetero) is 1. The smallest absolute Gasteiger partial charge is 0.147 e. The first kappa shape index (κ1) is 12.5. The molecule has 1 nitrogen and oxygen atoms in total. The fourth-order valence-electron chi connectivity index (χ4n) is 0.995. The van der Waals surface area contributed by atoms with Gasteiger partial charge in [-0.1, -0.05) is 30.3 Å². The van der Waals surface area contributed by atoms with Crippen molar-refractivity contribution in [1.29, 1.82) is 0 Å². The number of halogens is 2. The molecule has 0 N–H and O–H groups in total. The minimum Gasteiger partial charge on any atom is -0.298 e. The molecule has 0 bridgehead atoms. The van der Waals surface area contributed by atoms with Gasteiger partial charge in [-0.15, -0.1) is 24.0 Å².